The van der Waals surface area contributed by atoms with Crippen LogP contribution in [0.2, 0.25) is 0 Å². The van der Waals surface area contributed by atoms with Crippen LogP contribution in [0.3, 0.4) is 0 Å². The van der Waals surface area contributed by atoms with Gasteiger partial charge in [-0.1, -0.05) is 17.7 Å². The van der Waals surface area contributed by atoms with Gasteiger partial charge in [-0.05, 0) is 39.8 Å². The van der Waals surface area contributed by atoms with E-state index < -0.39 is 16.2 Å². The van der Waals surface area contributed by atoms with E-state index in [1.807, 2.05) is 20.8 Å². The Labute approximate surface area is 145 Å². The molecule has 0 N–H and O–H groups in total. The molecule has 0 aliphatic heterocycles. The van der Waals surface area contributed by atoms with E-state index in [1.165, 1.54) is 12.1 Å². The highest BCUT2D eigenvalue weighted by molar-refractivity contribution is 7.86. The molecule has 1 aromatic carbocycles. The Morgan fingerprint density at radius 3 is 1.92 bits per heavy atom. The van der Waals surface area contributed by atoms with Gasteiger partial charge in [0.05, 0.1) is 43.0 Å². The highest BCUT2D eigenvalue weighted by Crippen LogP contribution is 2.15. The molecular weight excluding hydrogens is 332 g/mol. The van der Waals surface area contributed by atoms with E-state index in [0.29, 0.717) is 13.2 Å². The first-order chi connectivity index (χ1) is 11.2. The smallest absolute Gasteiger partial charge is 0.297 e. The van der Waals surface area contributed by atoms with Crippen molar-refractivity contribution in [2.45, 2.75) is 50.9 Å². The van der Waals surface area contributed by atoms with Gasteiger partial charge in [-0.2, -0.15) is 8.42 Å². The fourth-order valence-corrected chi connectivity index (χ4v) is 3.00. The predicted octanol–water partition coefficient (Wildman–Crippen LogP) is 2.55. The molecule has 0 amide bonds. The summed E-state index contributed by atoms with van der Waals surface area (Å²) in [6.45, 7) is 8.41. The lowest BCUT2D eigenvalue weighted by Crippen LogP contribution is -2.27. The van der Waals surface area contributed by atoms with Crippen LogP contribution in [-0.2, 0) is 28.5 Å². The van der Waals surface area contributed by atoms with Crippen molar-refractivity contribution in [3.05, 3.63) is 29.8 Å². The fourth-order valence-electron chi connectivity index (χ4n) is 1.94. The van der Waals surface area contributed by atoms with Crippen LogP contribution < -0.4 is 0 Å². The Morgan fingerprint density at radius 2 is 1.38 bits per heavy atom. The molecule has 0 aliphatic rings. The summed E-state index contributed by atoms with van der Waals surface area (Å²) < 4.78 is 45.6. The molecule has 0 bridgehead atoms. The molecule has 3 atom stereocenters. The first kappa shape index (κ1) is 21.1. The van der Waals surface area contributed by atoms with Gasteiger partial charge in [0.15, 0.2) is 0 Å². The lowest BCUT2D eigenvalue weighted by molar-refractivity contribution is -0.0626. The third-order valence-electron chi connectivity index (χ3n) is 3.23. The van der Waals surface area contributed by atoms with Crippen LogP contribution in [0.4, 0.5) is 0 Å². The molecule has 0 fully saturated rings. The second-order valence-corrected chi connectivity index (χ2v) is 7.49. The predicted molar refractivity (Wildman–Crippen MR) is 91.6 cm³/mol. The molecule has 6 nitrogen and oxygen atoms in total. The molecule has 0 aromatic heterocycles. The molecule has 138 valence electrons. The second-order valence-electron chi connectivity index (χ2n) is 5.92. The zero-order valence-corrected chi connectivity index (χ0v) is 15.8. The maximum Gasteiger partial charge on any atom is 0.297 e. The first-order valence-electron chi connectivity index (χ1n) is 7.96. The van der Waals surface area contributed by atoms with Crippen LogP contribution in [0, 0.1) is 6.92 Å². The zero-order valence-electron chi connectivity index (χ0n) is 15.0. The summed E-state index contributed by atoms with van der Waals surface area (Å²) in [5.41, 5.74) is 0.988. The molecular formula is C17H28O6S. The summed E-state index contributed by atoms with van der Waals surface area (Å²) >= 11 is 0. The van der Waals surface area contributed by atoms with E-state index in [4.69, 9.17) is 18.4 Å². The number of hydrogen-bond acceptors (Lipinski definition) is 6. The molecule has 0 radical (unpaired) electrons. The Hall–Kier alpha value is -0.990. The molecule has 0 spiro atoms. The summed E-state index contributed by atoms with van der Waals surface area (Å²) in [5.74, 6) is 0. The minimum Gasteiger partial charge on any atom is -0.382 e. The topological polar surface area (TPSA) is 71.1 Å². The third-order valence-corrected chi connectivity index (χ3v) is 4.66. The average Bonchev–Trinajstić information content (AvgIpc) is 2.51. The fraction of sp³-hybridized carbons (Fsp3) is 0.647. The van der Waals surface area contributed by atoms with Gasteiger partial charge in [0.25, 0.3) is 10.1 Å². The van der Waals surface area contributed by atoms with Gasteiger partial charge in [-0.3, -0.25) is 4.18 Å². The van der Waals surface area contributed by atoms with Gasteiger partial charge in [0, 0.05) is 7.11 Å². The van der Waals surface area contributed by atoms with Crippen LogP contribution in [0.1, 0.15) is 26.3 Å². The number of aryl methyl sites for hydroxylation is 1. The standard InChI is InChI=1S/C17H28O6S/c1-13-6-8-17(9-7-13)24(18,19)23-16(4)12-22-15(3)11-21-14(2)10-20-5/h6-9,14-16H,10-12H2,1-5H3. The second kappa shape index (κ2) is 10.1. The number of ether oxygens (including phenoxy) is 3. The molecule has 1 aromatic rings. The van der Waals surface area contributed by atoms with Crippen molar-refractivity contribution >= 4 is 10.1 Å². The highest BCUT2D eigenvalue weighted by atomic mass is 32.2. The largest absolute Gasteiger partial charge is 0.382 e. The summed E-state index contributed by atoms with van der Waals surface area (Å²) in [6, 6.07) is 6.54. The summed E-state index contributed by atoms with van der Waals surface area (Å²) in [5, 5.41) is 0. The number of benzene rings is 1. The lowest BCUT2D eigenvalue weighted by Gasteiger charge is -2.19. The number of rotatable bonds is 11. The zero-order chi connectivity index (χ0) is 18.2. The third kappa shape index (κ3) is 7.72. The minimum atomic E-state index is -3.79. The normalized spacial score (nSPS) is 15.9. The molecule has 1 rings (SSSR count). The van der Waals surface area contributed by atoms with Gasteiger partial charge >= 0.3 is 0 Å². The molecule has 7 heteroatoms. The number of methoxy groups -OCH3 is 1. The number of hydrogen-bond donors (Lipinski definition) is 0. The Bertz CT molecular complexity index is 569. The van der Waals surface area contributed by atoms with Crippen LogP contribution in [0.25, 0.3) is 0 Å². The monoisotopic (exact) mass is 360 g/mol. The lowest BCUT2D eigenvalue weighted by atomic mass is 10.2. The van der Waals surface area contributed by atoms with Gasteiger partial charge in [-0.25, -0.2) is 0 Å². The molecule has 0 heterocycles. The van der Waals surface area contributed by atoms with Gasteiger partial charge in [-0.15, -0.1) is 0 Å². The van der Waals surface area contributed by atoms with E-state index in [9.17, 15) is 8.42 Å². The van der Waals surface area contributed by atoms with Gasteiger partial charge in [0.2, 0.25) is 0 Å². The van der Waals surface area contributed by atoms with Crippen molar-refractivity contribution < 1.29 is 26.8 Å². The van der Waals surface area contributed by atoms with E-state index >= 15 is 0 Å². The van der Waals surface area contributed by atoms with Gasteiger partial charge < -0.3 is 14.2 Å². The quantitative estimate of drug-likeness (QED) is 0.565. The van der Waals surface area contributed by atoms with Crippen LogP contribution in [-0.4, -0.2) is 53.7 Å². The summed E-state index contributed by atoms with van der Waals surface area (Å²) in [4.78, 5) is 0.143. The van der Waals surface area contributed by atoms with Crippen molar-refractivity contribution in [3.63, 3.8) is 0 Å². The maximum atomic E-state index is 12.2. The Morgan fingerprint density at radius 1 is 0.875 bits per heavy atom. The minimum absolute atomic E-state index is 0.0170. The van der Waals surface area contributed by atoms with E-state index in [2.05, 4.69) is 0 Å². The molecule has 0 saturated carbocycles. The van der Waals surface area contributed by atoms with E-state index in [-0.39, 0.29) is 23.7 Å². The van der Waals surface area contributed by atoms with Crippen molar-refractivity contribution in [1.82, 2.24) is 0 Å². The highest BCUT2D eigenvalue weighted by Gasteiger charge is 2.20. The first-order valence-corrected chi connectivity index (χ1v) is 9.37. The Balaban J connectivity index is 2.39. The van der Waals surface area contributed by atoms with Crippen molar-refractivity contribution in [2.24, 2.45) is 0 Å². The van der Waals surface area contributed by atoms with Crippen molar-refractivity contribution in [2.75, 3.05) is 26.9 Å². The SMILES string of the molecule is COCC(C)OCC(C)OCC(C)OS(=O)(=O)c1ccc(C)cc1. The van der Waals surface area contributed by atoms with Crippen molar-refractivity contribution in [1.29, 1.82) is 0 Å². The maximum absolute atomic E-state index is 12.2. The Kier molecular flexibility index (Phi) is 8.86. The van der Waals surface area contributed by atoms with E-state index in [1.54, 1.807) is 26.2 Å². The van der Waals surface area contributed by atoms with Crippen LogP contribution in [0.5, 0.6) is 0 Å². The molecule has 3 unspecified atom stereocenters. The summed E-state index contributed by atoms with van der Waals surface area (Å²) in [7, 11) is -2.17. The van der Waals surface area contributed by atoms with E-state index in [0.717, 1.165) is 5.56 Å². The van der Waals surface area contributed by atoms with Crippen LogP contribution >= 0.6 is 0 Å². The molecule has 0 aliphatic carbocycles. The summed E-state index contributed by atoms with van der Waals surface area (Å²) in [6.07, 6.45) is -0.774. The van der Waals surface area contributed by atoms with Gasteiger partial charge in [0.1, 0.15) is 0 Å². The van der Waals surface area contributed by atoms with Crippen molar-refractivity contribution in [3.8, 4) is 0 Å². The van der Waals surface area contributed by atoms with Crippen LogP contribution in [0.15, 0.2) is 29.2 Å². The molecule has 0 saturated heterocycles. The average molecular weight is 360 g/mol. The molecule has 24 heavy (non-hydrogen) atoms.